The van der Waals surface area contributed by atoms with Crippen molar-refractivity contribution in [3.63, 3.8) is 0 Å². The van der Waals surface area contributed by atoms with E-state index in [9.17, 15) is 19.6 Å². The molecule has 1 rings (SSSR count). The van der Waals surface area contributed by atoms with Crippen LogP contribution in [-0.4, -0.2) is 22.7 Å². The molecule has 0 aliphatic rings. The van der Waals surface area contributed by atoms with Crippen LogP contribution in [0.2, 0.25) is 5.02 Å². The van der Waals surface area contributed by atoms with Crippen LogP contribution in [0.5, 0.6) is 0 Å². The fraction of sp³-hybridized carbons (Fsp3) is 0.400. The number of nitro benzene ring substituents is 1. The van der Waals surface area contributed by atoms with Crippen molar-refractivity contribution in [3.05, 3.63) is 33.1 Å². The molecule has 0 saturated heterocycles. The molecule has 7 heteroatoms. The SMILES string of the molecule is CCC(O)CNc1cc(Cl)c(F)cc1[N+](=O)[O-]. The number of benzene rings is 1. The lowest BCUT2D eigenvalue weighted by Crippen LogP contribution is -2.18. The Morgan fingerprint density at radius 3 is 2.82 bits per heavy atom. The van der Waals surface area contributed by atoms with E-state index in [1.165, 1.54) is 0 Å². The Morgan fingerprint density at radius 1 is 1.65 bits per heavy atom. The molecule has 0 aliphatic heterocycles. The first-order valence-corrected chi connectivity index (χ1v) is 5.38. The predicted octanol–water partition coefficient (Wildman–Crippen LogP) is 2.57. The molecule has 1 aromatic rings. The number of anilines is 1. The lowest BCUT2D eigenvalue weighted by molar-refractivity contribution is -0.384. The van der Waals surface area contributed by atoms with Crippen LogP contribution in [0.4, 0.5) is 15.8 Å². The third-order valence-corrected chi connectivity index (χ3v) is 2.52. The smallest absolute Gasteiger partial charge is 0.295 e. The molecule has 1 unspecified atom stereocenters. The van der Waals surface area contributed by atoms with Crippen LogP contribution in [0.25, 0.3) is 0 Å². The van der Waals surface area contributed by atoms with Gasteiger partial charge in [0.05, 0.1) is 22.1 Å². The van der Waals surface area contributed by atoms with Crippen LogP contribution in [0.3, 0.4) is 0 Å². The molecular weight excluding hydrogens is 251 g/mol. The molecule has 0 fully saturated rings. The lowest BCUT2D eigenvalue weighted by atomic mass is 10.2. The second kappa shape index (κ2) is 5.79. The van der Waals surface area contributed by atoms with E-state index >= 15 is 0 Å². The summed E-state index contributed by atoms with van der Waals surface area (Å²) >= 11 is 5.54. The Bertz CT molecular complexity index is 428. The zero-order valence-electron chi connectivity index (χ0n) is 9.11. The van der Waals surface area contributed by atoms with Gasteiger partial charge in [-0.25, -0.2) is 4.39 Å². The Hall–Kier alpha value is -1.40. The third-order valence-electron chi connectivity index (χ3n) is 2.23. The maximum atomic E-state index is 13.1. The van der Waals surface area contributed by atoms with Crippen LogP contribution < -0.4 is 5.32 Å². The summed E-state index contributed by atoms with van der Waals surface area (Å²) in [5.41, 5.74) is -0.316. The maximum absolute atomic E-state index is 13.1. The summed E-state index contributed by atoms with van der Waals surface area (Å²) < 4.78 is 13.1. The van der Waals surface area contributed by atoms with Crippen molar-refractivity contribution in [2.45, 2.75) is 19.4 Å². The summed E-state index contributed by atoms with van der Waals surface area (Å²) in [5.74, 6) is -0.847. The average molecular weight is 263 g/mol. The quantitative estimate of drug-likeness (QED) is 0.632. The fourth-order valence-corrected chi connectivity index (χ4v) is 1.36. The molecule has 0 aliphatic carbocycles. The summed E-state index contributed by atoms with van der Waals surface area (Å²) in [5, 5.41) is 22.5. The second-order valence-corrected chi connectivity index (χ2v) is 3.89. The van der Waals surface area contributed by atoms with E-state index in [0.717, 1.165) is 12.1 Å². The zero-order valence-corrected chi connectivity index (χ0v) is 9.87. The first-order valence-electron chi connectivity index (χ1n) is 5.01. The summed E-state index contributed by atoms with van der Waals surface area (Å²) in [6, 6.07) is 1.89. The van der Waals surface area contributed by atoms with Crippen molar-refractivity contribution in [1.82, 2.24) is 0 Å². The third kappa shape index (κ3) is 3.54. The predicted molar refractivity (Wildman–Crippen MR) is 62.9 cm³/mol. The number of nitrogens with one attached hydrogen (secondary N) is 1. The summed E-state index contributed by atoms with van der Waals surface area (Å²) in [4.78, 5) is 9.98. The molecule has 0 bridgehead atoms. The van der Waals surface area contributed by atoms with E-state index in [1.54, 1.807) is 6.92 Å². The minimum atomic E-state index is -0.847. The highest BCUT2D eigenvalue weighted by molar-refractivity contribution is 6.31. The summed E-state index contributed by atoms with van der Waals surface area (Å²) in [7, 11) is 0. The Balaban J connectivity index is 2.96. The molecule has 0 heterocycles. The van der Waals surface area contributed by atoms with Gasteiger partial charge in [0.1, 0.15) is 11.5 Å². The highest BCUT2D eigenvalue weighted by Crippen LogP contribution is 2.30. The number of nitrogens with zero attached hydrogens (tertiary/aromatic N) is 1. The molecular formula is C10H12ClFN2O3. The number of halogens is 2. The molecule has 94 valence electrons. The van der Waals surface area contributed by atoms with Gasteiger partial charge in [-0.2, -0.15) is 0 Å². The first kappa shape index (κ1) is 13.7. The van der Waals surface area contributed by atoms with Crippen molar-refractivity contribution < 1.29 is 14.4 Å². The molecule has 0 saturated carbocycles. The van der Waals surface area contributed by atoms with Gasteiger partial charge in [-0.15, -0.1) is 0 Å². The van der Waals surface area contributed by atoms with Gasteiger partial charge in [0.15, 0.2) is 0 Å². The van der Waals surface area contributed by atoms with Crippen LogP contribution >= 0.6 is 11.6 Å². The Morgan fingerprint density at radius 2 is 2.29 bits per heavy atom. The summed E-state index contributed by atoms with van der Waals surface area (Å²) in [6.45, 7) is 1.91. The zero-order chi connectivity index (χ0) is 13.0. The standard InChI is InChI=1S/C10H12ClFN2O3/c1-2-6(15)5-13-9-3-7(11)8(12)4-10(9)14(16)17/h3-4,6,13,15H,2,5H2,1H3. The van der Waals surface area contributed by atoms with E-state index in [-0.39, 0.29) is 17.3 Å². The van der Waals surface area contributed by atoms with Gasteiger partial charge in [0.25, 0.3) is 5.69 Å². The first-order chi connectivity index (χ1) is 7.95. The van der Waals surface area contributed by atoms with Crippen molar-refractivity contribution in [2.75, 3.05) is 11.9 Å². The monoisotopic (exact) mass is 262 g/mol. The van der Waals surface area contributed by atoms with E-state index in [4.69, 9.17) is 11.6 Å². The van der Waals surface area contributed by atoms with Crippen LogP contribution in [0.15, 0.2) is 12.1 Å². The van der Waals surface area contributed by atoms with Gasteiger partial charge in [-0.1, -0.05) is 18.5 Å². The minimum Gasteiger partial charge on any atom is -0.391 e. The van der Waals surface area contributed by atoms with E-state index in [1.807, 2.05) is 0 Å². The molecule has 0 radical (unpaired) electrons. The Kier molecular flexibility index (Phi) is 4.65. The molecule has 17 heavy (non-hydrogen) atoms. The molecule has 0 spiro atoms. The lowest BCUT2D eigenvalue weighted by Gasteiger charge is -2.11. The van der Waals surface area contributed by atoms with Crippen molar-refractivity contribution in [3.8, 4) is 0 Å². The highest BCUT2D eigenvalue weighted by Gasteiger charge is 2.18. The topological polar surface area (TPSA) is 75.4 Å². The van der Waals surface area contributed by atoms with E-state index in [2.05, 4.69) is 5.32 Å². The van der Waals surface area contributed by atoms with Crippen LogP contribution in [0.1, 0.15) is 13.3 Å². The molecule has 0 aromatic heterocycles. The number of hydrogen-bond donors (Lipinski definition) is 2. The second-order valence-electron chi connectivity index (χ2n) is 3.48. The van der Waals surface area contributed by atoms with Crippen LogP contribution in [0, 0.1) is 15.9 Å². The van der Waals surface area contributed by atoms with Gasteiger partial charge < -0.3 is 10.4 Å². The van der Waals surface area contributed by atoms with Crippen molar-refractivity contribution >= 4 is 23.0 Å². The minimum absolute atomic E-state index is 0.0916. The van der Waals surface area contributed by atoms with Gasteiger partial charge >= 0.3 is 0 Å². The average Bonchev–Trinajstić information content (AvgIpc) is 2.29. The molecule has 1 aromatic carbocycles. The number of nitro groups is 1. The molecule has 5 nitrogen and oxygen atoms in total. The van der Waals surface area contributed by atoms with E-state index in [0.29, 0.717) is 6.42 Å². The Labute approximate surface area is 102 Å². The largest absolute Gasteiger partial charge is 0.391 e. The van der Waals surface area contributed by atoms with Gasteiger partial charge in [-0.05, 0) is 12.5 Å². The molecule has 1 atom stereocenters. The fourth-order valence-electron chi connectivity index (χ4n) is 1.20. The van der Waals surface area contributed by atoms with Crippen molar-refractivity contribution in [1.29, 1.82) is 0 Å². The highest BCUT2D eigenvalue weighted by atomic mass is 35.5. The van der Waals surface area contributed by atoms with Gasteiger partial charge in [-0.3, -0.25) is 10.1 Å². The van der Waals surface area contributed by atoms with Crippen LogP contribution in [-0.2, 0) is 0 Å². The number of aliphatic hydroxyl groups is 1. The summed E-state index contributed by atoms with van der Waals surface area (Å²) in [6.07, 6.45) is -0.117. The number of rotatable bonds is 5. The van der Waals surface area contributed by atoms with Crippen molar-refractivity contribution in [2.24, 2.45) is 0 Å². The number of hydrogen-bond acceptors (Lipinski definition) is 4. The number of aliphatic hydroxyl groups excluding tert-OH is 1. The molecule has 2 N–H and O–H groups in total. The normalized spacial score (nSPS) is 12.2. The molecule has 0 amide bonds. The maximum Gasteiger partial charge on any atom is 0.295 e. The van der Waals surface area contributed by atoms with E-state index < -0.39 is 22.5 Å². The van der Waals surface area contributed by atoms with Gasteiger partial charge in [0.2, 0.25) is 0 Å². The van der Waals surface area contributed by atoms with Gasteiger partial charge in [0, 0.05) is 6.54 Å².